The van der Waals surface area contributed by atoms with Gasteiger partial charge in [-0.1, -0.05) is 23.2 Å². The molecule has 5 rings (SSSR count). The van der Waals surface area contributed by atoms with Gasteiger partial charge in [-0.25, -0.2) is 0 Å². The summed E-state index contributed by atoms with van der Waals surface area (Å²) < 4.78 is 6.13. The van der Waals surface area contributed by atoms with Gasteiger partial charge >= 0.3 is 0 Å². The molecule has 4 heterocycles. The van der Waals surface area contributed by atoms with Crippen molar-refractivity contribution >= 4 is 40.7 Å². The smallest absolute Gasteiger partial charge is 0.139 e. The first-order valence-corrected chi connectivity index (χ1v) is 11.0. The number of H-pyrrole nitrogens is 1. The molecule has 1 aliphatic carbocycles. The van der Waals surface area contributed by atoms with Crippen LogP contribution in [0.5, 0.6) is 5.75 Å². The number of nitrogens with one attached hydrogen (secondary N) is 1. The second-order valence-corrected chi connectivity index (χ2v) is 8.91. The summed E-state index contributed by atoms with van der Waals surface area (Å²) in [4.78, 5) is 9.95. The van der Waals surface area contributed by atoms with Crippen molar-refractivity contribution in [2.45, 2.75) is 38.3 Å². The highest BCUT2D eigenvalue weighted by Gasteiger charge is 2.30. The lowest BCUT2D eigenvalue weighted by Gasteiger charge is -2.30. The third-order valence-electron chi connectivity index (χ3n) is 6.12. The number of rotatable bonds is 3. The number of hydrogen-bond donors (Lipinski definition) is 1. The van der Waals surface area contributed by atoms with E-state index in [1.54, 1.807) is 18.6 Å². The maximum atomic E-state index is 6.83. The molecule has 3 aliphatic rings. The Balaban J connectivity index is 1.44. The number of azo groups is 1. The summed E-state index contributed by atoms with van der Waals surface area (Å²) in [5, 5.41) is 11.9. The maximum Gasteiger partial charge on any atom is 0.139 e. The number of aromatic amines is 1. The minimum absolute atomic E-state index is 0.167. The fraction of sp³-hybridized carbons (Fsp3) is 0.409. The molecule has 1 N–H and O–H groups in total. The van der Waals surface area contributed by atoms with Crippen molar-refractivity contribution in [1.29, 1.82) is 0 Å². The third-order valence-corrected chi connectivity index (χ3v) is 6.69. The molecule has 6 nitrogen and oxygen atoms in total. The zero-order valence-electron chi connectivity index (χ0n) is 16.7. The van der Waals surface area contributed by atoms with E-state index in [2.05, 4.69) is 38.2 Å². The summed E-state index contributed by atoms with van der Waals surface area (Å²) in [6.07, 6.45) is 11.4. The van der Waals surface area contributed by atoms with Crippen molar-refractivity contribution in [2.24, 2.45) is 16.1 Å². The van der Waals surface area contributed by atoms with Crippen LogP contribution in [0.2, 0.25) is 5.02 Å². The molecule has 0 bridgehead atoms. The summed E-state index contributed by atoms with van der Waals surface area (Å²) in [6.45, 7) is 1.37. The number of aromatic nitrogens is 2. The predicted molar refractivity (Wildman–Crippen MR) is 119 cm³/mol. The van der Waals surface area contributed by atoms with Crippen LogP contribution >= 0.6 is 23.2 Å². The molecule has 0 amide bonds. The van der Waals surface area contributed by atoms with Crippen molar-refractivity contribution in [3.8, 4) is 5.75 Å². The van der Waals surface area contributed by atoms with Crippen molar-refractivity contribution in [2.75, 3.05) is 18.5 Å². The Labute approximate surface area is 185 Å². The second kappa shape index (κ2) is 8.08. The van der Waals surface area contributed by atoms with Crippen LogP contribution in [0.15, 0.2) is 39.8 Å². The van der Waals surface area contributed by atoms with E-state index >= 15 is 0 Å². The number of anilines is 1. The molecule has 8 heteroatoms. The molecule has 2 aromatic heterocycles. The van der Waals surface area contributed by atoms with Gasteiger partial charge in [0.05, 0.1) is 46.5 Å². The Kier molecular flexibility index (Phi) is 5.29. The first-order valence-electron chi connectivity index (χ1n) is 10.3. The molecule has 0 spiro atoms. The van der Waals surface area contributed by atoms with Gasteiger partial charge in [0.2, 0.25) is 0 Å². The molecule has 1 fully saturated rings. The van der Waals surface area contributed by atoms with Crippen LogP contribution in [0.1, 0.15) is 31.2 Å². The van der Waals surface area contributed by atoms with Gasteiger partial charge in [0.1, 0.15) is 5.75 Å². The highest BCUT2D eigenvalue weighted by atomic mass is 35.5. The molecular weight excluding hydrogens is 421 g/mol. The van der Waals surface area contributed by atoms with Crippen LogP contribution in [-0.4, -0.2) is 29.7 Å². The minimum atomic E-state index is 0.167. The Morgan fingerprint density at radius 2 is 2.00 bits per heavy atom. The lowest BCUT2D eigenvalue weighted by Crippen LogP contribution is -2.28. The van der Waals surface area contributed by atoms with Crippen molar-refractivity contribution in [3.05, 3.63) is 50.9 Å². The molecular formula is C22H23Cl2N5O. The highest BCUT2D eigenvalue weighted by Crippen LogP contribution is 2.38. The van der Waals surface area contributed by atoms with Gasteiger partial charge in [-0.2, -0.15) is 10.2 Å². The van der Waals surface area contributed by atoms with Crippen LogP contribution in [0.3, 0.4) is 0 Å². The molecule has 0 radical (unpaired) electrons. The van der Waals surface area contributed by atoms with E-state index in [9.17, 15) is 0 Å². The standard InChI is InChI=1S/C22H23Cl2N5O/c1-29-7-6-18(24)20(21-22(29)17-11-26-27-12-19(17)28-21)13-2-4-15(5-3-13)30-16-8-14(23)9-25-10-16/h6,8-10,12-13,15,28H,2-5,7,11H2,1H3/t13-,15-. The predicted octanol–water partition coefficient (Wildman–Crippen LogP) is 4.13. The van der Waals surface area contributed by atoms with Crippen LogP contribution in [0.4, 0.5) is 5.69 Å². The molecule has 0 saturated heterocycles. The zero-order chi connectivity index (χ0) is 20.7. The van der Waals surface area contributed by atoms with Crippen LogP contribution in [0.25, 0.3) is 11.8 Å². The fourth-order valence-corrected chi connectivity index (χ4v) is 5.18. The average molecular weight is 444 g/mol. The van der Waals surface area contributed by atoms with Crippen LogP contribution < -0.4 is 20.3 Å². The first kappa shape index (κ1) is 19.6. The molecule has 2 aliphatic heterocycles. The van der Waals surface area contributed by atoms with Crippen molar-refractivity contribution in [3.63, 3.8) is 0 Å². The van der Waals surface area contributed by atoms with Gasteiger partial charge in [0, 0.05) is 36.5 Å². The molecule has 0 atom stereocenters. The fourth-order valence-electron chi connectivity index (χ4n) is 4.70. The van der Waals surface area contributed by atoms with Gasteiger partial charge in [0.25, 0.3) is 0 Å². The zero-order valence-corrected chi connectivity index (χ0v) is 18.2. The van der Waals surface area contributed by atoms with E-state index < -0.39 is 0 Å². The topological polar surface area (TPSA) is 65.9 Å². The van der Waals surface area contributed by atoms with Crippen molar-refractivity contribution < 1.29 is 4.74 Å². The summed E-state index contributed by atoms with van der Waals surface area (Å²) in [5.74, 6) is 1.11. The van der Waals surface area contributed by atoms with Gasteiger partial charge in [0.15, 0.2) is 0 Å². The van der Waals surface area contributed by atoms with E-state index in [-0.39, 0.29) is 6.10 Å². The molecule has 0 aromatic carbocycles. The van der Waals surface area contributed by atoms with E-state index in [1.807, 2.05) is 6.07 Å². The molecule has 156 valence electrons. The summed E-state index contributed by atoms with van der Waals surface area (Å²) in [5.41, 5.74) is 3.61. The highest BCUT2D eigenvalue weighted by molar-refractivity contribution is 6.36. The monoisotopic (exact) mass is 443 g/mol. The minimum Gasteiger partial charge on any atom is -0.489 e. The Morgan fingerprint density at radius 3 is 2.80 bits per heavy atom. The van der Waals surface area contributed by atoms with Crippen LogP contribution in [0, 0.1) is 5.92 Å². The summed E-state index contributed by atoms with van der Waals surface area (Å²) in [7, 11) is 2.10. The average Bonchev–Trinajstić information content (AvgIpc) is 3.07. The first-order chi connectivity index (χ1) is 14.6. The number of hydrogen-bond acceptors (Lipinski definition) is 5. The summed E-state index contributed by atoms with van der Waals surface area (Å²) >= 11 is 12.9. The van der Waals surface area contributed by atoms with Gasteiger partial charge < -0.3 is 14.6 Å². The number of nitrogens with zero attached hydrogens (tertiary/aromatic N) is 4. The van der Waals surface area contributed by atoms with E-state index in [0.29, 0.717) is 17.5 Å². The number of halogens is 2. The summed E-state index contributed by atoms with van der Waals surface area (Å²) in [6, 6.07) is 1.82. The van der Waals surface area contributed by atoms with E-state index in [0.717, 1.165) is 53.7 Å². The number of ether oxygens (including phenoxy) is 1. The largest absolute Gasteiger partial charge is 0.489 e. The Hall–Kier alpha value is -2.31. The number of likely N-dealkylation sites (N-methyl/N-ethyl adjacent to an activating group) is 1. The third kappa shape index (κ3) is 3.63. The normalized spacial score (nSPS) is 23.2. The van der Waals surface area contributed by atoms with Gasteiger partial charge in [-0.05, 0) is 43.3 Å². The van der Waals surface area contributed by atoms with Gasteiger partial charge in [-0.15, -0.1) is 0 Å². The van der Waals surface area contributed by atoms with E-state index in [1.165, 1.54) is 16.8 Å². The molecule has 2 aromatic rings. The quantitative estimate of drug-likeness (QED) is 0.775. The van der Waals surface area contributed by atoms with Gasteiger partial charge in [-0.3, -0.25) is 4.98 Å². The Bertz CT molecular complexity index is 1140. The SMILES string of the molecule is CN1CC=C(Cl)C([C@H]2CC[C@H](Oc3cncc(Cl)c3)CC2)=c2[nH]c3c(c21)CN=NC=3. The molecule has 30 heavy (non-hydrogen) atoms. The lowest BCUT2D eigenvalue weighted by atomic mass is 9.81. The van der Waals surface area contributed by atoms with Crippen molar-refractivity contribution in [1.82, 2.24) is 9.97 Å². The molecule has 0 unspecified atom stereocenters. The maximum absolute atomic E-state index is 6.83. The number of pyridine rings is 1. The Morgan fingerprint density at radius 1 is 1.17 bits per heavy atom. The molecule has 1 saturated carbocycles. The number of fused-ring (bicyclic) bond motifs is 3. The second-order valence-electron chi connectivity index (χ2n) is 8.06. The lowest BCUT2D eigenvalue weighted by molar-refractivity contribution is 0.142. The van der Waals surface area contributed by atoms with Crippen LogP contribution in [-0.2, 0) is 6.54 Å². The number of allylic oxidation sites excluding steroid dienone is 1. The van der Waals surface area contributed by atoms with E-state index in [4.69, 9.17) is 27.9 Å².